The molecule has 4 nitrogen and oxygen atoms in total. The van der Waals surface area contributed by atoms with Crippen LogP contribution in [0.1, 0.15) is 52.7 Å². The molecule has 0 spiro atoms. The van der Waals surface area contributed by atoms with E-state index in [0.717, 1.165) is 34.1 Å². The summed E-state index contributed by atoms with van der Waals surface area (Å²) in [7, 11) is 0. The normalized spacial score (nSPS) is 12.9. The number of rotatable bonds is 7. The molecule has 6 heteroatoms. The first kappa shape index (κ1) is 42.3. The monoisotopic (exact) mass is 920 g/mol. The highest BCUT2D eigenvalue weighted by atomic mass is 32.1. The second kappa shape index (κ2) is 15.9. The van der Waals surface area contributed by atoms with Gasteiger partial charge < -0.3 is 19.3 Å². The predicted molar refractivity (Wildman–Crippen MR) is 302 cm³/mol. The van der Waals surface area contributed by atoms with E-state index in [1.165, 1.54) is 81.5 Å². The molecule has 11 aromatic rings. The average Bonchev–Trinajstić information content (AvgIpc) is 3.91. The van der Waals surface area contributed by atoms with Gasteiger partial charge in [0.15, 0.2) is 0 Å². The van der Waals surface area contributed by atoms with E-state index in [-0.39, 0.29) is 17.5 Å². The number of fused-ring (bicyclic) bond motifs is 9. The maximum atomic E-state index is 2.65. The van der Waals surface area contributed by atoms with Gasteiger partial charge in [-0.25, -0.2) is 0 Å². The number of benzene rings is 9. The maximum Gasteiger partial charge on any atom is 0.252 e. The molecule has 0 fully saturated rings. The van der Waals surface area contributed by atoms with Crippen molar-refractivity contribution in [3.63, 3.8) is 0 Å². The van der Waals surface area contributed by atoms with Crippen LogP contribution in [0, 0.1) is 0 Å². The minimum absolute atomic E-state index is 0.00962. The van der Waals surface area contributed by atoms with Gasteiger partial charge in [0.05, 0.1) is 21.4 Å². The van der Waals surface area contributed by atoms with Crippen molar-refractivity contribution in [1.29, 1.82) is 0 Å². The fourth-order valence-corrected chi connectivity index (χ4v) is 12.5. The minimum atomic E-state index is -0.0511. The van der Waals surface area contributed by atoms with E-state index in [0.29, 0.717) is 0 Å². The first-order chi connectivity index (χ1) is 34.0. The molecule has 0 radical (unpaired) electrons. The lowest BCUT2D eigenvalue weighted by Gasteiger charge is -2.42. The highest BCUT2D eigenvalue weighted by Gasteiger charge is 2.43. The van der Waals surface area contributed by atoms with Gasteiger partial charge in [-0.05, 0) is 135 Å². The summed E-state index contributed by atoms with van der Waals surface area (Å²) in [4.78, 5) is 7.41. The molecule has 9 aromatic carbocycles. The Balaban J connectivity index is 1.14. The number of nitrogens with zero attached hydrogens (tertiary/aromatic N) is 4. The van der Waals surface area contributed by atoms with Gasteiger partial charge in [-0.15, -0.1) is 11.3 Å². The molecule has 13 rings (SSSR count). The highest BCUT2D eigenvalue weighted by Crippen LogP contribution is 2.50. The molecule has 2 aliphatic heterocycles. The number of hydrogen-bond donors (Lipinski definition) is 0. The zero-order valence-electron chi connectivity index (χ0n) is 40.5. The molecule has 0 bridgehead atoms. The first-order valence-electron chi connectivity index (χ1n) is 24.5. The van der Waals surface area contributed by atoms with Crippen molar-refractivity contribution < 1.29 is 0 Å². The lowest BCUT2D eigenvalue weighted by atomic mass is 9.33. The standard InChI is InChI=1S/C64H53BN4S/c1-63(2,3)42-21-19-30-48(37-42)68-55-38-43(64(4,5)6)33-36-53(55)65-54-32-20-31-52-60(54)69(57-40-50(39-56(68)59(57)65)67(46-26-15-9-16-27-46)47-28-17-10-18-29-47)61-51-35-34-49(41-58(51)70-62(52)61)66(44-22-11-7-12-23-44)45-24-13-8-14-25-45/h7-41H,1-6H3. The Morgan fingerprint density at radius 3 is 1.56 bits per heavy atom. The lowest BCUT2D eigenvalue weighted by Crippen LogP contribution is -2.60. The van der Waals surface area contributed by atoms with E-state index < -0.39 is 0 Å². The van der Waals surface area contributed by atoms with Crippen LogP contribution in [-0.4, -0.2) is 11.3 Å². The van der Waals surface area contributed by atoms with Gasteiger partial charge in [-0.2, -0.15) is 0 Å². The SMILES string of the molecule is CC(C)(C)c1cccc(N2c3cc(C(C)(C)C)ccc3B3c4c2cc(N(c2ccccc2)c2ccccc2)cc4-n2c4c3cccc4c3sc4cc(N(c5ccccc5)c5ccccc5)ccc4c32)c1. The Morgan fingerprint density at radius 1 is 0.400 bits per heavy atom. The van der Waals surface area contributed by atoms with Gasteiger partial charge in [-0.1, -0.05) is 157 Å². The third kappa shape index (κ3) is 6.65. The molecule has 4 heterocycles. The summed E-state index contributed by atoms with van der Waals surface area (Å²) in [5.74, 6) is 0. The zero-order valence-corrected chi connectivity index (χ0v) is 41.3. The van der Waals surface area contributed by atoms with Crippen LogP contribution < -0.4 is 31.1 Å². The van der Waals surface area contributed by atoms with Gasteiger partial charge in [-0.3, -0.25) is 0 Å². The van der Waals surface area contributed by atoms with Gasteiger partial charge in [0.2, 0.25) is 0 Å². The minimum Gasteiger partial charge on any atom is -0.311 e. The van der Waals surface area contributed by atoms with E-state index in [1.807, 2.05) is 11.3 Å². The third-order valence-electron chi connectivity index (χ3n) is 14.6. The van der Waals surface area contributed by atoms with Gasteiger partial charge >= 0.3 is 0 Å². The van der Waals surface area contributed by atoms with Crippen LogP contribution in [0.15, 0.2) is 212 Å². The van der Waals surface area contributed by atoms with Crippen LogP contribution in [-0.2, 0) is 10.8 Å². The topological polar surface area (TPSA) is 14.7 Å². The van der Waals surface area contributed by atoms with Gasteiger partial charge in [0.1, 0.15) is 0 Å². The summed E-state index contributed by atoms with van der Waals surface area (Å²) >= 11 is 1.92. The van der Waals surface area contributed by atoms with Gasteiger partial charge in [0, 0.05) is 66.7 Å². The summed E-state index contributed by atoms with van der Waals surface area (Å²) in [6.45, 7) is 14.0. The molecular formula is C64H53BN4S. The average molecular weight is 921 g/mol. The molecule has 0 amide bonds. The van der Waals surface area contributed by atoms with E-state index >= 15 is 0 Å². The van der Waals surface area contributed by atoms with Crippen LogP contribution in [0.2, 0.25) is 0 Å². The van der Waals surface area contributed by atoms with Crippen LogP contribution in [0.5, 0.6) is 0 Å². The largest absolute Gasteiger partial charge is 0.311 e. The van der Waals surface area contributed by atoms with Crippen molar-refractivity contribution in [2.75, 3.05) is 14.7 Å². The fraction of sp³-hybridized carbons (Fsp3) is 0.125. The molecule has 0 saturated carbocycles. The molecule has 0 unspecified atom stereocenters. The fourth-order valence-electron chi connectivity index (χ4n) is 11.2. The number of hydrogen-bond acceptors (Lipinski definition) is 4. The summed E-state index contributed by atoms with van der Waals surface area (Å²) in [6, 6.07) is 78.9. The Kier molecular flexibility index (Phi) is 9.60. The second-order valence-corrected chi connectivity index (χ2v) is 22.1. The molecule has 0 saturated heterocycles. The van der Waals surface area contributed by atoms with E-state index in [4.69, 9.17) is 0 Å². The predicted octanol–water partition coefficient (Wildman–Crippen LogP) is 16.1. The number of anilines is 9. The summed E-state index contributed by atoms with van der Waals surface area (Å²) in [5.41, 5.74) is 20.7. The summed E-state index contributed by atoms with van der Waals surface area (Å²) in [6.07, 6.45) is 0. The van der Waals surface area contributed by atoms with Crippen molar-refractivity contribution in [2.45, 2.75) is 52.4 Å². The van der Waals surface area contributed by atoms with Crippen LogP contribution >= 0.6 is 11.3 Å². The Hall–Kier alpha value is -7.80. The van der Waals surface area contributed by atoms with Crippen molar-refractivity contribution in [3.05, 3.63) is 223 Å². The van der Waals surface area contributed by atoms with Crippen molar-refractivity contribution in [2.24, 2.45) is 0 Å². The van der Waals surface area contributed by atoms with E-state index in [2.05, 4.69) is 273 Å². The Morgan fingerprint density at radius 2 is 0.957 bits per heavy atom. The number of para-hydroxylation sites is 5. The molecule has 338 valence electrons. The second-order valence-electron chi connectivity index (χ2n) is 21.0. The number of aromatic nitrogens is 1. The summed E-state index contributed by atoms with van der Waals surface area (Å²) < 4.78 is 5.22. The maximum absolute atomic E-state index is 2.65. The van der Waals surface area contributed by atoms with Gasteiger partial charge in [0.25, 0.3) is 6.71 Å². The van der Waals surface area contributed by atoms with Crippen LogP contribution in [0.25, 0.3) is 36.9 Å². The lowest BCUT2D eigenvalue weighted by molar-refractivity contribution is 0.590. The molecular weight excluding hydrogens is 868 g/mol. The van der Waals surface area contributed by atoms with Crippen LogP contribution in [0.3, 0.4) is 0 Å². The highest BCUT2D eigenvalue weighted by molar-refractivity contribution is 7.26. The molecule has 70 heavy (non-hydrogen) atoms. The van der Waals surface area contributed by atoms with E-state index in [1.54, 1.807) is 0 Å². The van der Waals surface area contributed by atoms with Crippen molar-refractivity contribution in [3.8, 4) is 5.69 Å². The smallest absolute Gasteiger partial charge is 0.252 e. The Bertz CT molecular complexity index is 3730. The number of thiophene rings is 1. The molecule has 2 aromatic heterocycles. The summed E-state index contributed by atoms with van der Waals surface area (Å²) in [5, 5.41) is 2.56. The first-order valence-corrected chi connectivity index (χ1v) is 25.4. The van der Waals surface area contributed by atoms with Crippen molar-refractivity contribution in [1.82, 2.24) is 4.57 Å². The molecule has 2 aliphatic rings. The van der Waals surface area contributed by atoms with Crippen molar-refractivity contribution >= 4 is 117 Å². The zero-order chi connectivity index (χ0) is 47.5. The van der Waals surface area contributed by atoms with Crippen LogP contribution in [0.4, 0.5) is 51.2 Å². The van der Waals surface area contributed by atoms with E-state index in [9.17, 15) is 0 Å². The third-order valence-corrected chi connectivity index (χ3v) is 15.8. The quantitative estimate of drug-likeness (QED) is 0.148. The Labute approximate surface area is 415 Å². The molecule has 0 aliphatic carbocycles. The molecule has 0 atom stereocenters. The molecule has 0 N–H and O–H groups in total.